The summed E-state index contributed by atoms with van der Waals surface area (Å²) in [5.74, 6) is 0.417. The zero-order valence-corrected chi connectivity index (χ0v) is 18.5. The van der Waals surface area contributed by atoms with Gasteiger partial charge in [0.05, 0.1) is 12.6 Å². The first kappa shape index (κ1) is 23.7. The lowest BCUT2D eigenvalue weighted by molar-refractivity contribution is -0.143. The first-order valence-electron chi connectivity index (χ1n) is 10.8. The maximum absolute atomic E-state index is 13.4. The Morgan fingerprint density at radius 3 is 2.24 bits per heavy atom. The first-order valence-corrected chi connectivity index (χ1v) is 10.8. The molecule has 3 unspecified atom stereocenters. The summed E-state index contributed by atoms with van der Waals surface area (Å²) in [7, 11) is 0. The summed E-state index contributed by atoms with van der Waals surface area (Å²) in [6, 6.07) is 8.43. The highest BCUT2D eigenvalue weighted by molar-refractivity contribution is 5.86. The molecule has 2 saturated carbocycles. The minimum Gasteiger partial charge on any atom is -0.368 e. The molecule has 3 atom stereocenters. The Bertz CT molecular complexity index is 680. The third kappa shape index (κ3) is 5.52. The molecule has 29 heavy (non-hydrogen) atoms. The largest absolute Gasteiger partial charge is 0.368 e. The highest BCUT2D eigenvalue weighted by Crippen LogP contribution is 2.43. The zero-order chi connectivity index (χ0) is 20.3. The molecule has 2 bridgehead atoms. The maximum atomic E-state index is 13.4. The molecule has 2 fully saturated rings. The Morgan fingerprint density at radius 2 is 1.72 bits per heavy atom. The normalized spacial score (nSPS) is 26.9. The Hall–Kier alpha value is -1.59. The van der Waals surface area contributed by atoms with Crippen LogP contribution in [0.1, 0.15) is 69.5 Å². The van der Waals surface area contributed by atoms with Gasteiger partial charge in [0.15, 0.2) is 0 Å². The van der Waals surface area contributed by atoms with E-state index in [1.54, 1.807) is 4.90 Å². The van der Waals surface area contributed by atoms with E-state index in [0.717, 1.165) is 44.1 Å². The number of primary amides is 1. The SMILES string of the molecule is CCCc1ccc(C(C)N(CC(N)=O)C(=O)C2CC3CCCC(C2)C3N)cc1.Cl. The van der Waals surface area contributed by atoms with Crippen molar-refractivity contribution in [3.8, 4) is 0 Å². The number of amides is 2. The molecule has 6 heteroatoms. The van der Waals surface area contributed by atoms with Gasteiger partial charge in [-0.05, 0) is 62.0 Å². The van der Waals surface area contributed by atoms with Crippen LogP contribution in [0.3, 0.4) is 0 Å². The molecule has 1 aromatic carbocycles. The maximum Gasteiger partial charge on any atom is 0.237 e. The van der Waals surface area contributed by atoms with Crippen molar-refractivity contribution in [2.24, 2.45) is 29.2 Å². The summed E-state index contributed by atoms with van der Waals surface area (Å²) in [6.45, 7) is 4.12. The average molecular weight is 422 g/mol. The number of hydrogen-bond acceptors (Lipinski definition) is 3. The molecule has 0 heterocycles. The molecule has 1 aromatic rings. The highest BCUT2D eigenvalue weighted by atomic mass is 35.5. The van der Waals surface area contributed by atoms with Gasteiger partial charge in [0.2, 0.25) is 11.8 Å². The van der Waals surface area contributed by atoms with Crippen molar-refractivity contribution in [3.05, 3.63) is 35.4 Å². The molecule has 3 rings (SSSR count). The summed E-state index contributed by atoms with van der Waals surface area (Å²) in [6.07, 6.45) is 7.28. The lowest BCUT2D eigenvalue weighted by Crippen LogP contribution is -2.51. The standard InChI is InChI=1S/C23H35N3O2.ClH/c1-3-5-16-8-10-17(11-9-16)15(2)26(14-21(24)27)23(28)20-12-18-6-4-7-19(13-20)22(18)25;/h8-11,15,18-20,22H,3-7,12-14,25H2,1-2H3,(H2,24,27);1H. The number of halogens is 1. The van der Waals surface area contributed by atoms with E-state index in [4.69, 9.17) is 11.5 Å². The molecular formula is C23H36ClN3O2. The van der Waals surface area contributed by atoms with E-state index in [1.807, 2.05) is 6.92 Å². The lowest BCUT2D eigenvalue weighted by Gasteiger charge is -2.45. The van der Waals surface area contributed by atoms with Crippen LogP contribution in [0.2, 0.25) is 0 Å². The van der Waals surface area contributed by atoms with Crippen LogP contribution >= 0.6 is 12.4 Å². The van der Waals surface area contributed by atoms with Gasteiger partial charge in [0.1, 0.15) is 0 Å². The summed E-state index contributed by atoms with van der Waals surface area (Å²) < 4.78 is 0. The Balaban J connectivity index is 0.00000300. The number of rotatable bonds is 7. The van der Waals surface area contributed by atoms with E-state index >= 15 is 0 Å². The van der Waals surface area contributed by atoms with E-state index in [1.165, 1.54) is 12.0 Å². The van der Waals surface area contributed by atoms with Gasteiger partial charge in [-0.15, -0.1) is 12.4 Å². The second-order valence-corrected chi connectivity index (χ2v) is 8.80. The molecule has 0 saturated heterocycles. The van der Waals surface area contributed by atoms with Crippen LogP contribution in [0.5, 0.6) is 0 Å². The van der Waals surface area contributed by atoms with Gasteiger partial charge in [-0.1, -0.05) is 44.0 Å². The number of nitrogens with two attached hydrogens (primary N) is 2. The second-order valence-electron chi connectivity index (χ2n) is 8.80. The van der Waals surface area contributed by atoms with Crippen LogP contribution in [0.15, 0.2) is 24.3 Å². The molecular weight excluding hydrogens is 386 g/mol. The molecule has 0 aromatic heterocycles. The van der Waals surface area contributed by atoms with Crippen LogP contribution in [-0.4, -0.2) is 29.3 Å². The molecule has 0 aliphatic heterocycles. The van der Waals surface area contributed by atoms with E-state index in [2.05, 4.69) is 31.2 Å². The molecule has 162 valence electrons. The van der Waals surface area contributed by atoms with Crippen molar-refractivity contribution in [2.45, 2.75) is 70.9 Å². The van der Waals surface area contributed by atoms with Crippen molar-refractivity contribution in [3.63, 3.8) is 0 Å². The van der Waals surface area contributed by atoms with Gasteiger partial charge in [-0.3, -0.25) is 9.59 Å². The van der Waals surface area contributed by atoms with E-state index in [9.17, 15) is 9.59 Å². The zero-order valence-electron chi connectivity index (χ0n) is 17.7. The Labute approximate surface area is 181 Å². The fraction of sp³-hybridized carbons (Fsp3) is 0.652. The molecule has 0 radical (unpaired) electrons. The minimum absolute atomic E-state index is 0. The molecule has 0 spiro atoms. The molecule has 4 N–H and O–H groups in total. The fourth-order valence-corrected chi connectivity index (χ4v) is 5.23. The van der Waals surface area contributed by atoms with Gasteiger partial charge in [-0.25, -0.2) is 0 Å². The summed E-state index contributed by atoms with van der Waals surface area (Å²) in [4.78, 5) is 26.9. The fourth-order valence-electron chi connectivity index (χ4n) is 5.23. The third-order valence-corrected chi connectivity index (χ3v) is 6.84. The Morgan fingerprint density at radius 1 is 1.14 bits per heavy atom. The van der Waals surface area contributed by atoms with Crippen LogP contribution < -0.4 is 11.5 Å². The van der Waals surface area contributed by atoms with Crippen LogP contribution in [-0.2, 0) is 16.0 Å². The average Bonchev–Trinajstić information content (AvgIpc) is 2.65. The van der Waals surface area contributed by atoms with Gasteiger partial charge in [-0.2, -0.15) is 0 Å². The first-order chi connectivity index (χ1) is 13.4. The van der Waals surface area contributed by atoms with E-state index in [0.29, 0.717) is 11.8 Å². The van der Waals surface area contributed by atoms with Crippen LogP contribution in [0.4, 0.5) is 0 Å². The molecule has 2 aliphatic carbocycles. The van der Waals surface area contributed by atoms with Crippen LogP contribution in [0, 0.1) is 17.8 Å². The topological polar surface area (TPSA) is 89.4 Å². The highest BCUT2D eigenvalue weighted by Gasteiger charge is 2.42. The van der Waals surface area contributed by atoms with E-state index in [-0.39, 0.29) is 42.9 Å². The van der Waals surface area contributed by atoms with Crippen molar-refractivity contribution < 1.29 is 9.59 Å². The summed E-state index contributed by atoms with van der Waals surface area (Å²) in [5.41, 5.74) is 14.2. The van der Waals surface area contributed by atoms with Crippen molar-refractivity contribution in [2.75, 3.05) is 6.54 Å². The molecule has 2 amide bonds. The minimum atomic E-state index is -0.462. The third-order valence-electron chi connectivity index (χ3n) is 6.84. The van der Waals surface area contributed by atoms with Crippen molar-refractivity contribution in [1.29, 1.82) is 0 Å². The van der Waals surface area contributed by atoms with Gasteiger partial charge in [0.25, 0.3) is 0 Å². The van der Waals surface area contributed by atoms with Crippen molar-refractivity contribution in [1.82, 2.24) is 4.90 Å². The lowest BCUT2D eigenvalue weighted by atomic mass is 9.65. The summed E-state index contributed by atoms with van der Waals surface area (Å²) >= 11 is 0. The van der Waals surface area contributed by atoms with E-state index < -0.39 is 5.91 Å². The monoisotopic (exact) mass is 421 g/mol. The summed E-state index contributed by atoms with van der Waals surface area (Å²) in [5, 5.41) is 0. The van der Waals surface area contributed by atoms with Gasteiger partial charge < -0.3 is 16.4 Å². The number of nitrogens with zero attached hydrogens (tertiary/aromatic N) is 1. The smallest absolute Gasteiger partial charge is 0.237 e. The predicted molar refractivity (Wildman–Crippen MR) is 119 cm³/mol. The second kappa shape index (κ2) is 10.4. The number of benzene rings is 1. The Kier molecular flexibility index (Phi) is 8.53. The number of aryl methyl sites for hydroxylation is 1. The molecule has 2 aliphatic rings. The van der Waals surface area contributed by atoms with Gasteiger partial charge in [0, 0.05) is 12.0 Å². The molecule has 5 nitrogen and oxygen atoms in total. The number of carbonyl (C=O) groups excluding carboxylic acids is 2. The number of hydrogen-bond donors (Lipinski definition) is 2. The predicted octanol–water partition coefficient (Wildman–Crippen LogP) is 3.59. The quantitative estimate of drug-likeness (QED) is 0.704. The van der Waals surface area contributed by atoms with Crippen LogP contribution in [0.25, 0.3) is 0 Å². The number of carbonyl (C=O) groups is 2. The van der Waals surface area contributed by atoms with Crippen molar-refractivity contribution >= 4 is 24.2 Å². The number of fused-ring (bicyclic) bond motifs is 2. The van der Waals surface area contributed by atoms with Gasteiger partial charge >= 0.3 is 0 Å².